The number of benzene rings is 2. The zero-order valence-corrected chi connectivity index (χ0v) is 29.2. The Bertz CT molecular complexity index is 1920. The predicted octanol–water partition coefficient (Wildman–Crippen LogP) is 6.18. The molecular weight excluding hydrogens is 627 g/mol. The van der Waals surface area contributed by atoms with Crippen LogP contribution >= 0.6 is 0 Å². The Kier molecular flexibility index (Phi) is 9.12. The number of ether oxygens (including phenoxy) is 1. The first-order valence-electron chi connectivity index (χ1n) is 16.4. The number of nitrogens with zero attached hydrogens (tertiary/aromatic N) is 6. The van der Waals surface area contributed by atoms with E-state index in [0.717, 1.165) is 41.9 Å². The molecule has 48 heavy (non-hydrogen) atoms. The second kappa shape index (κ2) is 13.1. The standard InChI is InChI=1S/C36H43N7O4S/c1-7-27-14-15-42(27)31-20-37-19-26(38-31)21-43-28(18-36(4,5)6)22-47-32-17-30(33-23(2)10-8-11-24(33)3)39-35(40-32)41-48(45,46)29-13-9-12-25(16-29)34(43)44/h8-13,16-17,19-20,27-28H,7,14-15,18,21-22H2,1-6H3,(H,39,40,41)/t27-,28-/m1/s1. The van der Waals surface area contributed by atoms with Crippen LogP contribution in [-0.4, -0.2) is 64.4 Å². The number of carbonyl (C=O) groups excluding carboxylic acids is 1. The maximum atomic E-state index is 14.5. The summed E-state index contributed by atoms with van der Waals surface area (Å²) in [7, 11) is -4.17. The Morgan fingerprint density at radius 3 is 2.42 bits per heavy atom. The lowest BCUT2D eigenvalue weighted by Crippen LogP contribution is -2.48. The lowest BCUT2D eigenvalue weighted by molar-refractivity contribution is 0.0509. The number of aryl methyl sites for hydroxylation is 2. The molecule has 1 amide bonds. The van der Waals surface area contributed by atoms with E-state index >= 15 is 0 Å². The van der Waals surface area contributed by atoms with Crippen molar-refractivity contribution in [3.05, 3.63) is 83.3 Å². The minimum atomic E-state index is -4.17. The number of aromatic nitrogens is 4. The molecular formula is C36H43N7O4S. The van der Waals surface area contributed by atoms with Gasteiger partial charge in [-0.1, -0.05) is 52.0 Å². The van der Waals surface area contributed by atoms with Crippen molar-refractivity contribution in [1.82, 2.24) is 24.8 Å². The van der Waals surface area contributed by atoms with E-state index in [9.17, 15) is 13.2 Å². The molecule has 0 spiro atoms. The molecule has 4 aromatic rings. The molecule has 0 aliphatic carbocycles. The first-order chi connectivity index (χ1) is 22.8. The number of hydrogen-bond donors (Lipinski definition) is 1. The molecule has 11 nitrogen and oxygen atoms in total. The predicted molar refractivity (Wildman–Crippen MR) is 185 cm³/mol. The Balaban J connectivity index is 1.46. The Morgan fingerprint density at radius 1 is 0.979 bits per heavy atom. The third kappa shape index (κ3) is 7.13. The van der Waals surface area contributed by atoms with Crippen LogP contribution in [0.5, 0.6) is 5.88 Å². The topological polar surface area (TPSA) is 131 Å². The van der Waals surface area contributed by atoms with Crippen LogP contribution in [0.3, 0.4) is 0 Å². The highest BCUT2D eigenvalue weighted by Gasteiger charge is 2.33. The summed E-state index contributed by atoms with van der Waals surface area (Å²) in [6.07, 6.45) is 6.18. The molecule has 1 N–H and O–H groups in total. The van der Waals surface area contributed by atoms with Gasteiger partial charge in [-0.25, -0.2) is 23.1 Å². The molecule has 0 radical (unpaired) electrons. The molecule has 252 valence electrons. The largest absolute Gasteiger partial charge is 0.475 e. The molecule has 1 fully saturated rings. The van der Waals surface area contributed by atoms with Crippen molar-refractivity contribution in [1.29, 1.82) is 0 Å². The third-order valence-corrected chi connectivity index (χ3v) is 10.3. The highest BCUT2D eigenvalue weighted by molar-refractivity contribution is 7.92. The Labute approximate surface area is 282 Å². The fraction of sp³-hybridized carbons (Fsp3) is 0.417. The molecule has 2 atom stereocenters. The van der Waals surface area contributed by atoms with E-state index < -0.39 is 16.1 Å². The quantitative estimate of drug-likeness (QED) is 0.256. The summed E-state index contributed by atoms with van der Waals surface area (Å²) in [5.41, 5.74) is 4.04. The van der Waals surface area contributed by atoms with E-state index in [1.54, 1.807) is 35.5 Å². The van der Waals surface area contributed by atoms with E-state index in [-0.39, 0.29) is 46.8 Å². The fourth-order valence-corrected chi connectivity index (χ4v) is 7.49. The third-order valence-electron chi connectivity index (χ3n) is 8.94. The Hall–Kier alpha value is -4.58. The van der Waals surface area contributed by atoms with Crippen LogP contribution in [0.4, 0.5) is 11.8 Å². The highest BCUT2D eigenvalue weighted by atomic mass is 32.2. The van der Waals surface area contributed by atoms with Crippen LogP contribution in [0.2, 0.25) is 0 Å². The number of hydrogen-bond acceptors (Lipinski definition) is 9. The van der Waals surface area contributed by atoms with E-state index in [1.165, 1.54) is 12.1 Å². The van der Waals surface area contributed by atoms with Gasteiger partial charge in [0.2, 0.25) is 11.8 Å². The minimum Gasteiger partial charge on any atom is -0.475 e. The van der Waals surface area contributed by atoms with Crippen molar-refractivity contribution in [2.45, 2.75) is 84.3 Å². The first-order valence-corrected chi connectivity index (χ1v) is 17.9. The van der Waals surface area contributed by atoms with Gasteiger partial charge in [-0.2, -0.15) is 4.98 Å². The summed E-state index contributed by atoms with van der Waals surface area (Å²) >= 11 is 0. The van der Waals surface area contributed by atoms with E-state index in [1.807, 2.05) is 32.0 Å². The van der Waals surface area contributed by atoms with Gasteiger partial charge in [0.25, 0.3) is 15.9 Å². The molecule has 6 rings (SSSR count). The van der Waals surface area contributed by atoms with E-state index in [0.29, 0.717) is 23.9 Å². The summed E-state index contributed by atoms with van der Waals surface area (Å²) in [4.78, 5) is 36.9. The highest BCUT2D eigenvalue weighted by Crippen LogP contribution is 2.32. The summed E-state index contributed by atoms with van der Waals surface area (Å²) in [5.74, 6) is 0.539. The van der Waals surface area contributed by atoms with Crippen LogP contribution in [0.25, 0.3) is 11.3 Å². The molecule has 2 aliphatic heterocycles. The molecule has 12 heteroatoms. The molecule has 4 heterocycles. The maximum Gasteiger partial charge on any atom is 0.264 e. The number of sulfonamides is 1. The average molecular weight is 670 g/mol. The summed E-state index contributed by atoms with van der Waals surface area (Å²) < 4.78 is 36.3. The van der Waals surface area contributed by atoms with Crippen LogP contribution in [-0.2, 0) is 16.6 Å². The number of anilines is 2. The molecule has 4 bridgehead atoms. The van der Waals surface area contributed by atoms with Gasteiger partial charge >= 0.3 is 0 Å². The second-order valence-corrected chi connectivity index (χ2v) is 15.6. The number of nitrogens with one attached hydrogen (secondary N) is 1. The van der Waals surface area contributed by atoms with Gasteiger partial charge in [0.05, 0.1) is 41.3 Å². The van der Waals surface area contributed by atoms with Crippen LogP contribution in [0, 0.1) is 19.3 Å². The molecule has 1 saturated heterocycles. The van der Waals surface area contributed by atoms with Crippen molar-refractivity contribution in [3.63, 3.8) is 0 Å². The van der Waals surface area contributed by atoms with Crippen LogP contribution in [0.1, 0.15) is 74.1 Å². The second-order valence-electron chi connectivity index (χ2n) is 13.9. The van der Waals surface area contributed by atoms with Gasteiger partial charge in [0, 0.05) is 29.8 Å². The smallest absolute Gasteiger partial charge is 0.264 e. The van der Waals surface area contributed by atoms with Gasteiger partial charge in [-0.05, 0) is 67.9 Å². The number of amides is 1. The normalized spacial score (nSPS) is 19.2. The molecule has 2 aliphatic rings. The monoisotopic (exact) mass is 669 g/mol. The van der Waals surface area contributed by atoms with E-state index in [4.69, 9.17) is 9.72 Å². The van der Waals surface area contributed by atoms with Gasteiger partial charge in [-0.3, -0.25) is 9.78 Å². The Morgan fingerprint density at radius 2 is 1.73 bits per heavy atom. The van der Waals surface area contributed by atoms with Gasteiger partial charge < -0.3 is 14.5 Å². The maximum absolute atomic E-state index is 14.5. The summed E-state index contributed by atoms with van der Waals surface area (Å²) in [5, 5.41) is 0. The van der Waals surface area contributed by atoms with Gasteiger partial charge in [0.1, 0.15) is 12.4 Å². The zero-order chi connectivity index (χ0) is 34.2. The summed E-state index contributed by atoms with van der Waals surface area (Å²) in [6, 6.07) is 13.7. The lowest BCUT2D eigenvalue weighted by atomic mass is 9.87. The van der Waals surface area contributed by atoms with Crippen molar-refractivity contribution in [2.24, 2.45) is 5.41 Å². The van der Waals surface area contributed by atoms with Gasteiger partial charge in [0.15, 0.2) is 0 Å². The number of rotatable bonds is 6. The lowest BCUT2D eigenvalue weighted by Gasteiger charge is -2.41. The van der Waals surface area contributed by atoms with Crippen molar-refractivity contribution < 1.29 is 17.9 Å². The molecule has 2 aromatic carbocycles. The van der Waals surface area contributed by atoms with Crippen molar-refractivity contribution in [2.75, 3.05) is 22.8 Å². The van der Waals surface area contributed by atoms with Crippen LogP contribution < -0.4 is 14.4 Å². The van der Waals surface area contributed by atoms with E-state index in [2.05, 4.69) is 52.3 Å². The van der Waals surface area contributed by atoms with Crippen molar-refractivity contribution >= 4 is 27.7 Å². The van der Waals surface area contributed by atoms with Crippen LogP contribution in [0.15, 0.2) is 65.8 Å². The SMILES string of the molecule is CC[C@@H]1CCN1c1cncc(CN2C(=O)c3cccc(c3)S(=O)(=O)Nc3nc(cc(-c4c(C)cccc4C)n3)OC[C@H]2CC(C)(C)C)n1. The van der Waals surface area contributed by atoms with Crippen molar-refractivity contribution in [3.8, 4) is 17.1 Å². The zero-order valence-electron chi connectivity index (χ0n) is 28.4. The molecule has 0 saturated carbocycles. The number of fused-ring (bicyclic) bond motifs is 4. The minimum absolute atomic E-state index is 0.0753. The first kappa shape index (κ1) is 33.3. The average Bonchev–Trinajstić information content (AvgIpc) is 3.00. The summed E-state index contributed by atoms with van der Waals surface area (Å²) in [6.45, 7) is 13.7. The fourth-order valence-electron chi connectivity index (χ4n) is 6.50. The molecule has 0 unspecified atom stereocenters. The molecule has 2 aromatic heterocycles. The number of carbonyl (C=O) groups is 1. The van der Waals surface area contributed by atoms with Gasteiger partial charge in [-0.15, -0.1) is 0 Å².